The number of hydrogen-bond acceptors (Lipinski definition) is 1. The molecule has 88 valence electrons. The highest BCUT2D eigenvalue weighted by Crippen LogP contribution is 2.28. The van der Waals surface area contributed by atoms with Crippen LogP contribution in [0.5, 0.6) is 0 Å². The molecule has 1 aromatic carbocycles. The van der Waals surface area contributed by atoms with Crippen LogP contribution in [-0.2, 0) is 10.2 Å². The summed E-state index contributed by atoms with van der Waals surface area (Å²) in [4.78, 5) is 11.0. The van der Waals surface area contributed by atoms with Gasteiger partial charge < -0.3 is 0 Å². The Balaban J connectivity index is 2.83. The zero-order chi connectivity index (χ0) is 12.3. The fourth-order valence-electron chi connectivity index (χ4n) is 1.56. The molecule has 1 nitrogen and oxygen atoms in total. The predicted molar refractivity (Wildman–Crippen MR) is 69.0 cm³/mol. The standard InChI is InChI=1S/C14H19ClO/c1-10(16)9-13(15)11-5-7-12(8-6-11)14(2,3)4/h5-8,13H,9H2,1-4H3. The molecule has 1 rings (SSSR count). The zero-order valence-electron chi connectivity index (χ0n) is 10.4. The van der Waals surface area contributed by atoms with E-state index in [2.05, 4.69) is 32.9 Å². The van der Waals surface area contributed by atoms with E-state index in [0.717, 1.165) is 5.56 Å². The molecule has 0 aliphatic carbocycles. The Morgan fingerprint density at radius 3 is 2.12 bits per heavy atom. The lowest BCUT2D eigenvalue weighted by atomic mass is 9.86. The van der Waals surface area contributed by atoms with E-state index in [9.17, 15) is 4.79 Å². The topological polar surface area (TPSA) is 17.1 Å². The zero-order valence-corrected chi connectivity index (χ0v) is 11.1. The van der Waals surface area contributed by atoms with Gasteiger partial charge in [-0.2, -0.15) is 0 Å². The van der Waals surface area contributed by atoms with Crippen LogP contribution in [0.3, 0.4) is 0 Å². The van der Waals surface area contributed by atoms with Gasteiger partial charge in [0.25, 0.3) is 0 Å². The molecule has 1 atom stereocenters. The fraction of sp³-hybridized carbons (Fsp3) is 0.500. The summed E-state index contributed by atoms with van der Waals surface area (Å²) in [5.41, 5.74) is 2.45. The molecular weight excluding hydrogens is 220 g/mol. The van der Waals surface area contributed by atoms with E-state index in [1.165, 1.54) is 5.56 Å². The van der Waals surface area contributed by atoms with Gasteiger partial charge in [-0.15, -0.1) is 11.6 Å². The fourth-order valence-corrected chi connectivity index (χ4v) is 1.92. The second-order valence-electron chi connectivity index (χ2n) is 5.25. The van der Waals surface area contributed by atoms with E-state index < -0.39 is 0 Å². The molecule has 2 heteroatoms. The molecule has 0 aliphatic rings. The van der Waals surface area contributed by atoms with Crippen LogP contribution in [0.4, 0.5) is 0 Å². The molecular formula is C14H19ClO. The monoisotopic (exact) mass is 238 g/mol. The van der Waals surface area contributed by atoms with Crippen molar-refractivity contribution in [2.45, 2.75) is 44.9 Å². The van der Waals surface area contributed by atoms with Crippen molar-refractivity contribution >= 4 is 17.4 Å². The first-order valence-electron chi connectivity index (χ1n) is 5.54. The van der Waals surface area contributed by atoms with Crippen LogP contribution in [0, 0.1) is 0 Å². The van der Waals surface area contributed by atoms with Crippen LogP contribution < -0.4 is 0 Å². The van der Waals surface area contributed by atoms with Gasteiger partial charge in [0.1, 0.15) is 5.78 Å². The molecule has 0 saturated carbocycles. The lowest BCUT2D eigenvalue weighted by Gasteiger charge is -2.19. The van der Waals surface area contributed by atoms with Crippen molar-refractivity contribution in [3.63, 3.8) is 0 Å². The van der Waals surface area contributed by atoms with Gasteiger partial charge in [-0.3, -0.25) is 4.79 Å². The maximum absolute atomic E-state index is 11.0. The average molecular weight is 239 g/mol. The van der Waals surface area contributed by atoms with E-state index in [4.69, 9.17) is 11.6 Å². The molecule has 1 unspecified atom stereocenters. The molecule has 0 heterocycles. The molecule has 0 bridgehead atoms. The van der Waals surface area contributed by atoms with Crippen molar-refractivity contribution < 1.29 is 4.79 Å². The number of benzene rings is 1. The maximum atomic E-state index is 11.0. The van der Waals surface area contributed by atoms with Gasteiger partial charge in [0.2, 0.25) is 0 Å². The van der Waals surface area contributed by atoms with Crippen molar-refractivity contribution in [2.75, 3.05) is 0 Å². The Bertz CT molecular complexity index is 359. The number of rotatable bonds is 3. The van der Waals surface area contributed by atoms with Gasteiger partial charge in [-0.05, 0) is 23.5 Å². The third-order valence-corrected chi connectivity index (χ3v) is 3.01. The van der Waals surface area contributed by atoms with Gasteiger partial charge in [0.05, 0.1) is 5.38 Å². The summed E-state index contributed by atoms with van der Waals surface area (Å²) < 4.78 is 0. The Morgan fingerprint density at radius 2 is 1.75 bits per heavy atom. The summed E-state index contributed by atoms with van der Waals surface area (Å²) in [7, 11) is 0. The summed E-state index contributed by atoms with van der Waals surface area (Å²) >= 11 is 6.15. The normalized spacial score (nSPS) is 13.6. The van der Waals surface area contributed by atoms with Crippen LogP contribution in [0.2, 0.25) is 0 Å². The van der Waals surface area contributed by atoms with Crippen molar-refractivity contribution in [3.8, 4) is 0 Å². The number of halogens is 1. The summed E-state index contributed by atoms with van der Waals surface area (Å²) in [6, 6.07) is 8.21. The molecule has 0 saturated heterocycles. The van der Waals surface area contributed by atoms with E-state index in [-0.39, 0.29) is 16.6 Å². The second-order valence-corrected chi connectivity index (χ2v) is 5.77. The van der Waals surface area contributed by atoms with Crippen molar-refractivity contribution in [1.82, 2.24) is 0 Å². The van der Waals surface area contributed by atoms with Crippen LogP contribution in [0.1, 0.15) is 50.6 Å². The van der Waals surface area contributed by atoms with Gasteiger partial charge in [-0.25, -0.2) is 0 Å². The largest absolute Gasteiger partial charge is 0.300 e. The average Bonchev–Trinajstić information content (AvgIpc) is 2.15. The summed E-state index contributed by atoms with van der Waals surface area (Å²) in [5.74, 6) is 0.125. The van der Waals surface area contributed by atoms with Crippen LogP contribution >= 0.6 is 11.6 Å². The summed E-state index contributed by atoms with van der Waals surface area (Å²) in [5, 5.41) is -0.202. The number of ketones is 1. The van der Waals surface area contributed by atoms with Crippen LogP contribution in [0.25, 0.3) is 0 Å². The Hall–Kier alpha value is -0.820. The van der Waals surface area contributed by atoms with Crippen molar-refractivity contribution in [1.29, 1.82) is 0 Å². The first-order valence-corrected chi connectivity index (χ1v) is 5.98. The minimum atomic E-state index is -0.202. The molecule has 0 fully saturated rings. The van der Waals surface area contributed by atoms with E-state index >= 15 is 0 Å². The second kappa shape index (κ2) is 5.01. The minimum Gasteiger partial charge on any atom is -0.300 e. The summed E-state index contributed by atoms with van der Waals surface area (Å²) in [6.45, 7) is 8.10. The lowest BCUT2D eigenvalue weighted by molar-refractivity contribution is -0.117. The molecule has 0 spiro atoms. The molecule has 0 amide bonds. The Kier molecular flexibility index (Phi) is 4.15. The van der Waals surface area contributed by atoms with Gasteiger partial charge in [0.15, 0.2) is 0 Å². The van der Waals surface area contributed by atoms with Crippen molar-refractivity contribution in [2.24, 2.45) is 0 Å². The van der Waals surface area contributed by atoms with Gasteiger partial charge in [-0.1, -0.05) is 45.0 Å². The lowest BCUT2D eigenvalue weighted by Crippen LogP contribution is -2.10. The minimum absolute atomic E-state index is 0.125. The Morgan fingerprint density at radius 1 is 1.25 bits per heavy atom. The molecule has 0 aliphatic heterocycles. The third kappa shape index (κ3) is 3.64. The predicted octanol–water partition coefficient (Wildman–Crippen LogP) is 4.24. The first-order chi connectivity index (χ1) is 7.30. The number of alkyl halides is 1. The number of hydrogen-bond donors (Lipinski definition) is 0. The highest BCUT2D eigenvalue weighted by atomic mass is 35.5. The van der Waals surface area contributed by atoms with Gasteiger partial charge >= 0.3 is 0 Å². The smallest absolute Gasteiger partial charge is 0.131 e. The maximum Gasteiger partial charge on any atom is 0.131 e. The van der Waals surface area contributed by atoms with E-state index in [1.54, 1.807) is 6.92 Å². The quantitative estimate of drug-likeness (QED) is 0.720. The molecule has 16 heavy (non-hydrogen) atoms. The first kappa shape index (κ1) is 13.2. The highest BCUT2D eigenvalue weighted by molar-refractivity contribution is 6.21. The molecule has 0 radical (unpaired) electrons. The molecule has 0 N–H and O–H groups in total. The van der Waals surface area contributed by atoms with E-state index in [0.29, 0.717) is 6.42 Å². The SMILES string of the molecule is CC(=O)CC(Cl)c1ccc(C(C)(C)C)cc1. The number of Topliss-reactive ketones (excluding diaryl/α,β-unsaturated/α-hetero) is 1. The molecule has 1 aromatic rings. The third-order valence-electron chi connectivity index (χ3n) is 2.61. The number of carbonyl (C=O) groups excluding carboxylic acids is 1. The van der Waals surface area contributed by atoms with Crippen LogP contribution in [-0.4, -0.2) is 5.78 Å². The van der Waals surface area contributed by atoms with Gasteiger partial charge in [0, 0.05) is 6.42 Å². The summed E-state index contributed by atoms with van der Waals surface area (Å²) in [6.07, 6.45) is 0.399. The molecule has 0 aromatic heterocycles. The highest BCUT2D eigenvalue weighted by Gasteiger charge is 2.15. The Labute approximate surface area is 103 Å². The van der Waals surface area contributed by atoms with Crippen LogP contribution in [0.15, 0.2) is 24.3 Å². The number of carbonyl (C=O) groups is 1. The van der Waals surface area contributed by atoms with E-state index in [1.807, 2.05) is 12.1 Å². The van der Waals surface area contributed by atoms with Crippen molar-refractivity contribution in [3.05, 3.63) is 35.4 Å².